The lowest BCUT2D eigenvalue weighted by Gasteiger charge is -2.11. The fraction of sp³-hybridized carbons (Fsp3) is 0.562. The maximum Gasteiger partial charge on any atom is 0.434 e. The van der Waals surface area contributed by atoms with Gasteiger partial charge in [0, 0.05) is 30.7 Å². The van der Waals surface area contributed by atoms with Gasteiger partial charge in [0.15, 0.2) is 11.7 Å². The number of nitrogens with zero attached hydrogens (tertiary/aromatic N) is 4. The van der Waals surface area contributed by atoms with Crippen molar-refractivity contribution in [1.82, 2.24) is 25.4 Å². The van der Waals surface area contributed by atoms with E-state index in [0.29, 0.717) is 24.1 Å². The Labute approximate surface area is 177 Å². The van der Waals surface area contributed by atoms with Crippen LogP contribution in [0.2, 0.25) is 0 Å². The maximum atomic E-state index is 12.6. The minimum atomic E-state index is -4.41. The van der Waals surface area contributed by atoms with Crippen LogP contribution in [0.5, 0.6) is 0 Å². The first kappa shape index (κ1) is 23.7. The predicted octanol–water partition coefficient (Wildman–Crippen LogP) is 3.74. The molecule has 11 heteroatoms. The van der Waals surface area contributed by atoms with Crippen LogP contribution in [-0.2, 0) is 19.3 Å². The van der Waals surface area contributed by atoms with Crippen LogP contribution in [0.15, 0.2) is 16.4 Å². The fourth-order valence-corrected chi connectivity index (χ4v) is 3.06. The zero-order valence-electron chi connectivity index (χ0n) is 15.4. The van der Waals surface area contributed by atoms with E-state index in [1.807, 2.05) is 31.5 Å². The van der Waals surface area contributed by atoms with Crippen LogP contribution >= 0.6 is 35.3 Å². The molecule has 0 saturated heterocycles. The molecule has 0 aliphatic carbocycles. The first-order valence-corrected chi connectivity index (χ1v) is 9.22. The third-order valence-electron chi connectivity index (χ3n) is 3.50. The van der Waals surface area contributed by atoms with Gasteiger partial charge >= 0.3 is 6.18 Å². The van der Waals surface area contributed by atoms with Crippen molar-refractivity contribution < 1.29 is 13.2 Å². The molecule has 0 amide bonds. The third-order valence-corrected chi connectivity index (χ3v) is 4.33. The lowest BCUT2D eigenvalue weighted by Crippen LogP contribution is -2.38. The van der Waals surface area contributed by atoms with Gasteiger partial charge in [-0.25, -0.2) is 9.98 Å². The summed E-state index contributed by atoms with van der Waals surface area (Å²) in [4.78, 5) is 7.88. The van der Waals surface area contributed by atoms with Crippen molar-refractivity contribution in [2.75, 3.05) is 13.1 Å². The molecule has 2 aromatic heterocycles. The van der Waals surface area contributed by atoms with Gasteiger partial charge in [0.05, 0.1) is 12.2 Å². The Morgan fingerprint density at radius 2 is 2.04 bits per heavy atom. The molecular formula is C16H24F3IN6S. The topological polar surface area (TPSA) is 67.1 Å². The summed E-state index contributed by atoms with van der Waals surface area (Å²) in [5, 5.41) is 12.0. The second-order valence-corrected chi connectivity index (χ2v) is 6.69. The summed E-state index contributed by atoms with van der Waals surface area (Å²) in [7, 11) is 0. The summed E-state index contributed by atoms with van der Waals surface area (Å²) < 4.78 is 39.7. The van der Waals surface area contributed by atoms with E-state index in [-0.39, 0.29) is 30.5 Å². The maximum absolute atomic E-state index is 12.6. The molecule has 152 valence electrons. The van der Waals surface area contributed by atoms with Crippen molar-refractivity contribution in [3.05, 3.63) is 33.5 Å². The van der Waals surface area contributed by atoms with Crippen LogP contribution in [-0.4, -0.2) is 33.8 Å². The predicted molar refractivity (Wildman–Crippen MR) is 112 cm³/mol. The number of thiazole rings is 1. The van der Waals surface area contributed by atoms with Gasteiger partial charge in [0.25, 0.3) is 0 Å². The van der Waals surface area contributed by atoms with Crippen LogP contribution in [0, 0.1) is 13.8 Å². The second-order valence-electron chi connectivity index (χ2n) is 5.75. The van der Waals surface area contributed by atoms with Crippen molar-refractivity contribution in [3.63, 3.8) is 0 Å². The van der Waals surface area contributed by atoms with E-state index in [9.17, 15) is 13.2 Å². The SMILES string of the molecule is CCNC(=NCc1nc(C(F)(F)F)cs1)NCCCn1nc(C)cc1C.I. The highest BCUT2D eigenvalue weighted by molar-refractivity contribution is 14.0. The molecule has 0 radical (unpaired) electrons. The minimum absolute atomic E-state index is 0. The minimum Gasteiger partial charge on any atom is -0.357 e. The number of guanidine groups is 1. The second kappa shape index (κ2) is 10.8. The molecule has 2 aromatic rings. The molecule has 0 aliphatic rings. The summed E-state index contributed by atoms with van der Waals surface area (Å²) in [6.07, 6.45) is -3.56. The van der Waals surface area contributed by atoms with Crippen LogP contribution in [0.1, 0.15) is 35.4 Å². The van der Waals surface area contributed by atoms with Crippen LogP contribution in [0.3, 0.4) is 0 Å². The Balaban J connectivity index is 0.00000364. The average Bonchev–Trinajstić information content (AvgIpc) is 3.15. The van der Waals surface area contributed by atoms with E-state index >= 15 is 0 Å². The smallest absolute Gasteiger partial charge is 0.357 e. The summed E-state index contributed by atoms with van der Waals surface area (Å²) >= 11 is 0.961. The number of hydrogen-bond acceptors (Lipinski definition) is 4. The highest BCUT2D eigenvalue weighted by Gasteiger charge is 2.33. The summed E-state index contributed by atoms with van der Waals surface area (Å²) in [6.45, 7) is 8.13. The molecule has 0 fully saturated rings. The van der Waals surface area contributed by atoms with Gasteiger partial charge in [-0.1, -0.05) is 0 Å². The van der Waals surface area contributed by atoms with Gasteiger partial charge in [-0.15, -0.1) is 35.3 Å². The van der Waals surface area contributed by atoms with Crippen LogP contribution in [0.4, 0.5) is 13.2 Å². The van der Waals surface area contributed by atoms with Crippen LogP contribution < -0.4 is 10.6 Å². The van der Waals surface area contributed by atoms with E-state index in [4.69, 9.17) is 0 Å². The number of halogens is 4. The molecule has 0 saturated carbocycles. The normalized spacial score (nSPS) is 12.0. The van der Waals surface area contributed by atoms with Crippen molar-refractivity contribution in [3.8, 4) is 0 Å². The third kappa shape index (κ3) is 7.64. The molecule has 0 aromatic carbocycles. The van der Waals surface area contributed by atoms with E-state index in [2.05, 4.69) is 25.7 Å². The van der Waals surface area contributed by atoms with E-state index in [0.717, 1.165) is 41.1 Å². The molecule has 2 heterocycles. The molecular weight excluding hydrogens is 492 g/mol. The van der Waals surface area contributed by atoms with E-state index < -0.39 is 11.9 Å². The fourth-order valence-electron chi connectivity index (χ4n) is 2.34. The van der Waals surface area contributed by atoms with Crippen molar-refractivity contribution in [2.45, 2.75) is 46.5 Å². The number of nitrogens with one attached hydrogen (secondary N) is 2. The zero-order chi connectivity index (χ0) is 19.2. The van der Waals surface area contributed by atoms with Gasteiger partial charge < -0.3 is 10.6 Å². The molecule has 2 N–H and O–H groups in total. The van der Waals surface area contributed by atoms with E-state index in [1.54, 1.807) is 0 Å². The average molecular weight is 516 g/mol. The van der Waals surface area contributed by atoms with Gasteiger partial charge in [0.1, 0.15) is 5.01 Å². The first-order chi connectivity index (χ1) is 12.3. The molecule has 0 aliphatic heterocycles. The Hall–Kier alpha value is -1.37. The summed E-state index contributed by atoms with van der Waals surface area (Å²) in [6, 6.07) is 2.03. The molecule has 27 heavy (non-hydrogen) atoms. The van der Waals surface area contributed by atoms with Crippen molar-refractivity contribution in [1.29, 1.82) is 0 Å². The van der Waals surface area contributed by atoms with Crippen LogP contribution in [0.25, 0.3) is 0 Å². The lowest BCUT2D eigenvalue weighted by molar-refractivity contribution is -0.140. The summed E-state index contributed by atoms with van der Waals surface area (Å²) in [5.41, 5.74) is 1.25. The van der Waals surface area contributed by atoms with Gasteiger partial charge in [0.2, 0.25) is 0 Å². The molecule has 6 nitrogen and oxygen atoms in total. The largest absolute Gasteiger partial charge is 0.434 e. The Bertz CT molecular complexity index is 741. The zero-order valence-corrected chi connectivity index (χ0v) is 18.6. The molecule has 0 atom stereocenters. The van der Waals surface area contributed by atoms with Gasteiger partial charge in [-0.05, 0) is 33.3 Å². The van der Waals surface area contributed by atoms with E-state index in [1.165, 1.54) is 0 Å². The Kier molecular flexibility index (Phi) is 9.50. The Morgan fingerprint density at radius 3 is 2.59 bits per heavy atom. The van der Waals surface area contributed by atoms with Gasteiger partial charge in [-0.2, -0.15) is 18.3 Å². The van der Waals surface area contributed by atoms with Crippen molar-refractivity contribution >= 4 is 41.3 Å². The lowest BCUT2D eigenvalue weighted by atomic mass is 10.4. The number of aliphatic imine (C=N–C) groups is 1. The summed E-state index contributed by atoms with van der Waals surface area (Å²) in [5.74, 6) is 0.560. The first-order valence-electron chi connectivity index (χ1n) is 8.34. The number of alkyl halides is 3. The molecule has 0 spiro atoms. The van der Waals surface area contributed by atoms with Gasteiger partial charge in [-0.3, -0.25) is 4.68 Å². The molecule has 2 rings (SSSR count). The standard InChI is InChI=1S/C16H23F3N6S.HI/c1-4-20-15(21-6-5-7-25-12(3)8-11(2)24-25)22-9-14-23-13(10-26-14)16(17,18)19;/h8,10H,4-7,9H2,1-3H3,(H2,20,21,22);1H. The van der Waals surface area contributed by atoms with Crippen molar-refractivity contribution in [2.24, 2.45) is 4.99 Å². The molecule has 0 bridgehead atoms. The molecule has 0 unspecified atom stereocenters. The number of aryl methyl sites for hydroxylation is 3. The Morgan fingerprint density at radius 1 is 1.30 bits per heavy atom. The quantitative estimate of drug-likeness (QED) is 0.255. The number of rotatable bonds is 7. The highest BCUT2D eigenvalue weighted by Crippen LogP contribution is 2.30. The number of hydrogen-bond donors (Lipinski definition) is 2. The monoisotopic (exact) mass is 516 g/mol. The highest BCUT2D eigenvalue weighted by atomic mass is 127. The number of aromatic nitrogens is 3.